The number of aromatic nitrogens is 4. The molecule has 1 fully saturated rings. The summed E-state index contributed by atoms with van der Waals surface area (Å²) in [6.45, 7) is 4.15. The second-order valence-electron chi connectivity index (χ2n) is 6.66. The lowest BCUT2D eigenvalue weighted by Gasteiger charge is -2.09. The summed E-state index contributed by atoms with van der Waals surface area (Å²) in [6.07, 6.45) is 5.94. The van der Waals surface area contributed by atoms with E-state index in [0.717, 1.165) is 36.7 Å². The number of hydrogen-bond acceptors (Lipinski definition) is 3. The van der Waals surface area contributed by atoms with Crippen LogP contribution in [0.4, 0.5) is 5.69 Å². The molecule has 3 aromatic rings. The Balaban J connectivity index is 1.65. The number of rotatable bonds is 3. The highest BCUT2D eigenvalue weighted by atomic mass is 16.1. The van der Waals surface area contributed by atoms with E-state index in [-0.39, 0.29) is 11.8 Å². The molecular weight excluding hydrogens is 302 g/mol. The third kappa shape index (κ3) is 2.58. The molecule has 1 aliphatic carbocycles. The summed E-state index contributed by atoms with van der Waals surface area (Å²) >= 11 is 0. The summed E-state index contributed by atoms with van der Waals surface area (Å²) in [6, 6.07) is 4.15. The Kier molecular flexibility index (Phi) is 3.59. The first-order valence-electron chi connectivity index (χ1n) is 8.44. The minimum Gasteiger partial charge on any atom is -0.337 e. The van der Waals surface area contributed by atoms with Crippen LogP contribution in [0.15, 0.2) is 18.3 Å². The van der Waals surface area contributed by atoms with Gasteiger partial charge in [-0.3, -0.25) is 9.89 Å². The zero-order valence-electron chi connectivity index (χ0n) is 13.9. The molecule has 0 aliphatic heterocycles. The Bertz CT molecular complexity index is 862. The molecule has 0 saturated heterocycles. The first-order chi connectivity index (χ1) is 11.6. The van der Waals surface area contributed by atoms with Crippen molar-refractivity contribution >= 4 is 22.6 Å². The fraction of sp³-hybridized carbons (Fsp3) is 0.389. The van der Waals surface area contributed by atoms with E-state index < -0.39 is 0 Å². The second-order valence-corrected chi connectivity index (χ2v) is 6.66. The summed E-state index contributed by atoms with van der Waals surface area (Å²) < 4.78 is 0. The molecular formula is C18H21N5O. The summed E-state index contributed by atoms with van der Waals surface area (Å²) in [5.41, 5.74) is 5.63. The predicted octanol–water partition coefficient (Wildman–Crippen LogP) is 3.70. The molecule has 124 valence electrons. The molecule has 0 radical (unpaired) electrons. The third-order valence-electron chi connectivity index (χ3n) is 4.95. The van der Waals surface area contributed by atoms with E-state index in [2.05, 4.69) is 51.5 Å². The van der Waals surface area contributed by atoms with Crippen LogP contribution in [-0.4, -0.2) is 26.1 Å². The first-order valence-corrected chi connectivity index (χ1v) is 8.44. The second kappa shape index (κ2) is 5.78. The normalized spacial score (nSPS) is 15.2. The van der Waals surface area contributed by atoms with E-state index >= 15 is 0 Å². The average Bonchev–Trinajstić information content (AvgIpc) is 3.26. The van der Waals surface area contributed by atoms with Gasteiger partial charge in [-0.05, 0) is 49.9 Å². The number of nitrogens with one attached hydrogen (secondary N) is 3. The van der Waals surface area contributed by atoms with Gasteiger partial charge in [0, 0.05) is 12.1 Å². The van der Waals surface area contributed by atoms with Gasteiger partial charge in [0.2, 0.25) is 5.91 Å². The van der Waals surface area contributed by atoms with Crippen LogP contribution in [-0.2, 0) is 4.79 Å². The largest absolute Gasteiger partial charge is 0.337 e. The number of carbonyl (C=O) groups is 1. The average molecular weight is 323 g/mol. The van der Waals surface area contributed by atoms with Crippen molar-refractivity contribution in [3.63, 3.8) is 0 Å². The van der Waals surface area contributed by atoms with Crippen LogP contribution in [0.25, 0.3) is 22.6 Å². The fourth-order valence-electron chi connectivity index (χ4n) is 3.37. The number of amides is 1. The first kappa shape index (κ1) is 14.9. The van der Waals surface area contributed by atoms with Gasteiger partial charge in [0.1, 0.15) is 0 Å². The van der Waals surface area contributed by atoms with Crippen molar-refractivity contribution in [1.29, 1.82) is 0 Å². The van der Waals surface area contributed by atoms with Gasteiger partial charge < -0.3 is 10.3 Å². The highest BCUT2D eigenvalue weighted by Crippen LogP contribution is 2.29. The lowest BCUT2D eigenvalue weighted by Crippen LogP contribution is -2.20. The summed E-state index contributed by atoms with van der Waals surface area (Å²) in [5, 5.41) is 10.1. The highest BCUT2D eigenvalue weighted by molar-refractivity contribution is 5.96. The van der Waals surface area contributed by atoms with Crippen molar-refractivity contribution in [2.45, 2.75) is 39.5 Å². The number of carbonyl (C=O) groups excluding carboxylic acids is 1. The number of fused-ring (bicyclic) bond motifs is 1. The number of nitrogens with zero attached hydrogens (tertiary/aromatic N) is 2. The van der Waals surface area contributed by atoms with Crippen molar-refractivity contribution in [1.82, 2.24) is 20.2 Å². The number of aryl methyl sites for hydroxylation is 2. The van der Waals surface area contributed by atoms with E-state index in [1.165, 1.54) is 11.1 Å². The lowest BCUT2D eigenvalue weighted by atomic mass is 10.1. The Labute approximate surface area is 140 Å². The van der Waals surface area contributed by atoms with Crippen LogP contribution in [0.1, 0.15) is 36.8 Å². The minimum atomic E-state index is 0.0814. The number of benzene rings is 1. The molecule has 1 aliphatic rings. The Morgan fingerprint density at radius 3 is 2.75 bits per heavy atom. The molecule has 0 spiro atoms. The topological polar surface area (TPSA) is 86.5 Å². The van der Waals surface area contributed by atoms with E-state index in [1.54, 1.807) is 6.20 Å². The van der Waals surface area contributed by atoms with Crippen molar-refractivity contribution < 1.29 is 4.79 Å². The predicted molar refractivity (Wildman–Crippen MR) is 93.7 cm³/mol. The number of imidazole rings is 1. The van der Waals surface area contributed by atoms with Crippen molar-refractivity contribution in [2.75, 3.05) is 5.32 Å². The Morgan fingerprint density at radius 1 is 1.21 bits per heavy atom. The molecule has 2 aromatic heterocycles. The van der Waals surface area contributed by atoms with Crippen LogP contribution in [0.3, 0.4) is 0 Å². The Hall–Kier alpha value is -2.63. The maximum Gasteiger partial charge on any atom is 0.227 e. The number of H-pyrrole nitrogens is 2. The molecule has 0 unspecified atom stereocenters. The minimum absolute atomic E-state index is 0.0814. The van der Waals surface area contributed by atoms with E-state index in [1.807, 2.05) is 0 Å². The van der Waals surface area contributed by atoms with Crippen molar-refractivity contribution in [3.05, 3.63) is 29.5 Å². The smallest absolute Gasteiger partial charge is 0.227 e. The molecule has 2 heterocycles. The molecule has 1 amide bonds. The monoisotopic (exact) mass is 323 g/mol. The summed E-state index contributed by atoms with van der Waals surface area (Å²) in [5.74, 6) is 0.865. The van der Waals surface area contributed by atoms with Gasteiger partial charge in [-0.2, -0.15) is 5.10 Å². The molecule has 3 N–H and O–H groups in total. The van der Waals surface area contributed by atoms with Gasteiger partial charge in [-0.1, -0.05) is 12.8 Å². The van der Waals surface area contributed by atoms with Gasteiger partial charge >= 0.3 is 0 Å². The Morgan fingerprint density at radius 2 is 1.96 bits per heavy atom. The zero-order valence-corrected chi connectivity index (χ0v) is 13.9. The standard InChI is InChI=1S/C18H21N5O/c1-10-7-13-14(8-11(10)2)21-17(20-13)16-15(9-19-23-16)22-18(24)12-5-3-4-6-12/h7-9,12H,3-6H2,1-2H3,(H,19,23)(H,20,21)(H,22,24). The van der Waals surface area contributed by atoms with Crippen LogP contribution in [0, 0.1) is 19.8 Å². The van der Waals surface area contributed by atoms with Crippen LogP contribution in [0.5, 0.6) is 0 Å². The van der Waals surface area contributed by atoms with Gasteiger partial charge in [-0.25, -0.2) is 4.98 Å². The lowest BCUT2D eigenvalue weighted by molar-refractivity contribution is -0.119. The van der Waals surface area contributed by atoms with Gasteiger partial charge in [0.25, 0.3) is 0 Å². The third-order valence-corrected chi connectivity index (χ3v) is 4.95. The summed E-state index contributed by atoms with van der Waals surface area (Å²) in [4.78, 5) is 20.3. The van der Waals surface area contributed by atoms with Crippen molar-refractivity contribution in [3.8, 4) is 11.5 Å². The van der Waals surface area contributed by atoms with Crippen molar-refractivity contribution in [2.24, 2.45) is 5.92 Å². The van der Waals surface area contributed by atoms with Gasteiger partial charge in [0.05, 0.1) is 16.7 Å². The molecule has 6 nitrogen and oxygen atoms in total. The molecule has 6 heteroatoms. The molecule has 4 rings (SSSR count). The maximum absolute atomic E-state index is 12.4. The van der Waals surface area contributed by atoms with Crippen LogP contribution in [0.2, 0.25) is 0 Å². The SMILES string of the molecule is Cc1cc2nc(-c3n[nH]cc3NC(=O)C3CCCC3)[nH]c2cc1C. The van der Waals surface area contributed by atoms with Gasteiger partial charge in [-0.15, -0.1) is 0 Å². The van der Waals surface area contributed by atoms with E-state index in [4.69, 9.17) is 0 Å². The van der Waals surface area contributed by atoms with Gasteiger partial charge in [0.15, 0.2) is 11.5 Å². The quantitative estimate of drug-likeness (QED) is 0.687. The molecule has 24 heavy (non-hydrogen) atoms. The van der Waals surface area contributed by atoms with E-state index in [0.29, 0.717) is 17.2 Å². The zero-order chi connectivity index (χ0) is 16.7. The fourth-order valence-corrected chi connectivity index (χ4v) is 3.37. The molecule has 1 saturated carbocycles. The van der Waals surface area contributed by atoms with Crippen LogP contribution >= 0.6 is 0 Å². The number of aromatic amines is 2. The van der Waals surface area contributed by atoms with E-state index in [9.17, 15) is 4.79 Å². The van der Waals surface area contributed by atoms with Crippen LogP contribution < -0.4 is 5.32 Å². The molecule has 0 atom stereocenters. The summed E-state index contributed by atoms with van der Waals surface area (Å²) in [7, 11) is 0. The number of anilines is 1. The highest BCUT2D eigenvalue weighted by Gasteiger charge is 2.24. The molecule has 1 aromatic carbocycles. The maximum atomic E-state index is 12.4. The number of hydrogen-bond donors (Lipinski definition) is 3. The molecule has 0 bridgehead atoms.